The number of amides is 1. The van der Waals surface area contributed by atoms with Gasteiger partial charge < -0.3 is 19.9 Å². The van der Waals surface area contributed by atoms with Gasteiger partial charge in [-0.15, -0.1) is 0 Å². The standard InChI is InChI=1S/C24H22FN5O2/c1-24(2)18(15-5-6-27-21(11-15)28-8-10-30-9-7-26-14-30)13-20(32-24)22-17-4-3-16(25)12-19(17)29-23(22)31/h3-7,9,11-14H,8,10H2,1-2H3,(H,27,28)(H,29,31)/b22-20+. The Balaban J connectivity index is 1.44. The molecule has 2 N–H and O–H groups in total. The molecule has 0 bridgehead atoms. The first-order chi connectivity index (χ1) is 15.4. The molecule has 1 amide bonds. The largest absolute Gasteiger partial charge is 0.482 e. The third-order valence-corrected chi connectivity index (χ3v) is 5.57. The molecule has 7 nitrogen and oxygen atoms in total. The summed E-state index contributed by atoms with van der Waals surface area (Å²) in [5.74, 6) is 0.522. The zero-order valence-corrected chi connectivity index (χ0v) is 17.7. The fraction of sp³-hybridized carbons (Fsp3) is 0.208. The van der Waals surface area contributed by atoms with Crippen molar-refractivity contribution < 1.29 is 13.9 Å². The molecule has 2 aromatic heterocycles. The molecule has 0 radical (unpaired) electrons. The molecular weight excluding hydrogens is 409 g/mol. The minimum atomic E-state index is -0.652. The average Bonchev–Trinajstić information content (AvgIpc) is 3.45. The molecule has 32 heavy (non-hydrogen) atoms. The highest BCUT2D eigenvalue weighted by molar-refractivity contribution is 6.32. The lowest BCUT2D eigenvalue weighted by Crippen LogP contribution is -2.21. The van der Waals surface area contributed by atoms with Crippen LogP contribution in [0.25, 0.3) is 11.1 Å². The summed E-state index contributed by atoms with van der Waals surface area (Å²) in [6.45, 7) is 5.39. The Kier molecular flexibility index (Phi) is 4.77. The van der Waals surface area contributed by atoms with E-state index in [2.05, 4.69) is 20.6 Å². The van der Waals surface area contributed by atoms with Gasteiger partial charge in [0.05, 0.1) is 17.6 Å². The van der Waals surface area contributed by atoms with Crippen LogP contribution in [0.2, 0.25) is 0 Å². The van der Waals surface area contributed by atoms with Gasteiger partial charge in [0.25, 0.3) is 5.91 Å². The van der Waals surface area contributed by atoms with E-state index < -0.39 is 11.4 Å². The van der Waals surface area contributed by atoms with E-state index in [4.69, 9.17) is 4.74 Å². The Morgan fingerprint density at radius 2 is 2.09 bits per heavy atom. The van der Waals surface area contributed by atoms with Crippen molar-refractivity contribution in [3.05, 3.63) is 84.0 Å². The fourth-order valence-corrected chi connectivity index (χ4v) is 4.03. The van der Waals surface area contributed by atoms with E-state index in [-0.39, 0.29) is 5.91 Å². The van der Waals surface area contributed by atoms with Gasteiger partial charge in [-0.25, -0.2) is 14.4 Å². The summed E-state index contributed by atoms with van der Waals surface area (Å²) in [7, 11) is 0. The maximum Gasteiger partial charge on any atom is 0.260 e. The smallest absolute Gasteiger partial charge is 0.260 e. The van der Waals surface area contributed by atoms with Crippen molar-refractivity contribution in [2.45, 2.75) is 26.0 Å². The second-order valence-electron chi connectivity index (χ2n) is 8.21. The molecule has 0 fully saturated rings. The minimum absolute atomic E-state index is 0.300. The first-order valence-corrected chi connectivity index (χ1v) is 10.3. The molecule has 2 aliphatic rings. The number of pyridine rings is 1. The number of rotatable bonds is 5. The summed E-state index contributed by atoms with van der Waals surface area (Å²) in [5, 5.41) is 6.04. The SMILES string of the molecule is CC1(C)O/C(=C2/C(=O)Nc3cc(F)ccc32)C=C1c1ccnc(NCCn2ccnc2)c1. The third-order valence-electron chi connectivity index (χ3n) is 5.57. The number of ether oxygens (including phenoxy) is 1. The van der Waals surface area contributed by atoms with Crippen molar-refractivity contribution in [3.8, 4) is 0 Å². The molecule has 0 unspecified atom stereocenters. The number of allylic oxidation sites excluding steroid dienone is 1. The van der Waals surface area contributed by atoms with E-state index in [1.165, 1.54) is 12.1 Å². The Labute approximate surface area is 184 Å². The van der Waals surface area contributed by atoms with Crippen LogP contribution in [-0.2, 0) is 16.1 Å². The van der Waals surface area contributed by atoms with Crippen LogP contribution in [-0.4, -0.2) is 32.6 Å². The molecule has 0 saturated carbocycles. The van der Waals surface area contributed by atoms with Crippen LogP contribution < -0.4 is 10.6 Å². The van der Waals surface area contributed by atoms with Gasteiger partial charge in [0.2, 0.25) is 0 Å². The van der Waals surface area contributed by atoms with Crippen molar-refractivity contribution in [2.75, 3.05) is 17.2 Å². The third kappa shape index (κ3) is 3.64. The molecule has 0 saturated heterocycles. The number of fused-ring (bicyclic) bond motifs is 1. The highest BCUT2D eigenvalue weighted by Crippen LogP contribution is 2.44. The zero-order valence-electron chi connectivity index (χ0n) is 17.7. The molecular formula is C24H22FN5O2. The molecule has 4 heterocycles. The maximum atomic E-state index is 13.6. The zero-order chi connectivity index (χ0) is 22.3. The summed E-state index contributed by atoms with van der Waals surface area (Å²) in [4.78, 5) is 21.1. The normalized spacial score (nSPS) is 18.7. The van der Waals surface area contributed by atoms with Gasteiger partial charge >= 0.3 is 0 Å². The van der Waals surface area contributed by atoms with Crippen molar-refractivity contribution in [1.29, 1.82) is 0 Å². The van der Waals surface area contributed by atoms with Crippen LogP contribution in [0.15, 0.2) is 67.1 Å². The number of imidazole rings is 1. The number of benzene rings is 1. The van der Waals surface area contributed by atoms with E-state index in [0.717, 1.165) is 23.5 Å². The van der Waals surface area contributed by atoms with Crippen molar-refractivity contribution in [1.82, 2.24) is 14.5 Å². The van der Waals surface area contributed by atoms with Gasteiger partial charge in [-0.3, -0.25) is 4.79 Å². The Morgan fingerprint density at radius 1 is 1.22 bits per heavy atom. The van der Waals surface area contributed by atoms with Crippen LogP contribution in [0.1, 0.15) is 25.0 Å². The van der Waals surface area contributed by atoms with E-state index in [0.29, 0.717) is 29.1 Å². The summed E-state index contributed by atoms with van der Waals surface area (Å²) in [5.41, 5.74) is 2.73. The number of anilines is 2. The fourth-order valence-electron chi connectivity index (χ4n) is 4.03. The number of halogens is 1. The van der Waals surface area contributed by atoms with E-state index >= 15 is 0 Å². The Morgan fingerprint density at radius 3 is 2.91 bits per heavy atom. The van der Waals surface area contributed by atoms with Gasteiger partial charge in [0, 0.05) is 42.8 Å². The molecule has 162 valence electrons. The molecule has 0 aliphatic carbocycles. The van der Waals surface area contributed by atoms with Crippen LogP contribution in [0.4, 0.5) is 15.9 Å². The summed E-state index contributed by atoms with van der Waals surface area (Å²) < 4.78 is 21.8. The Bertz CT molecular complexity index is 1260. The predicted molar refractivity (Wildman–Crippen MR) is 120 cm³/mol. The lowest BCUT2D eigenvalue weighted by molar-refractivity contribution is -0.111. The lowest BCUT2D eigenvalue weighted by Gasteiger charge is -2.23. The van der Waals surface area contributed by atoms with E-state index in [9.17, 15) is 9.18 Å². The number of carbonyl (C=O) groups excluding carboxylic acids is 1. The summed E-state index contributed by atoms with van der Waals surface area (Å²) in [6.07, 6.45) is 9.07. The van der Waals surface area contributed by atoms with Crippen molar-refractivity contribution in [2.24, 2.45) is 0 Å². The second kappa shape index (κ2) is 7.64. The van der Waals surface area contributed by atoms with Crippen LogP contribution in [0, 0.1) is 5.82 Å². The molecule has 3 aromatic rings. The molecule has 0 atom stereocenters. The number of nitrogens with one attached hydrogen (secondary N) is 2. The number of aromatic nitrogens is 3. The van der Waals surface area contributed by atoms with Crippen LogP contribution in [0.3, 0.4) is 0 Å². The molecule has 8 heteroatoms. The minimum Gasteiger partial charge on any atom is -0.482 e. The average molecular weight is 431 g/mol. The highest BCUT2D eigenvalue weighted by atomic mass is 19.1. The highest BCUT2D eigenvalue weighted by Gasteiger charge is 2.38. The predicted octanol–water partition coefficient (Wildman–Crippen LogP) is 4.08. The van der Waals surface area contributed by atoms with Crippen molar-refractivity contribution >= 4 is 28.6 Å². The number of hydrogen-bond acceptors (Lipinski definition) is 5. The molecule has 0 spiro atoms. The maximum absolute atomic E-state index is 13.6. The topological polar surface area (TPSA) is 81.1 Å². The Hall–Kier alpha value is -3.94. The van der Waals surface area contributed by atoms with Gasteiger partial charge in [-0.05, 0) is 55.8 Å². The first-order valence-electron chi connectivity index (χ1n) is 10.3. The van der Waals surface area contributed by atoms with Crippen LogP contribution in [0.5, 0.6) is 0 Å². The van der Waals surface area contributed by atoms with E-state index in [1.54, 1.807) is 24.8 Å². The number of nitrogens with zero attached hydrogens (tertiary/aromatic N) is 3. The number of carbonyl (C=O) groups is 1. The second-order valence-corrected chi connectivity index (χ2v) is 8.21. The molecule has 5 rings (SSSR count). The monoisotopic (exact) mass is 431 g/mol. The molecule has 2 aliphatic heterocycles. The van der Waals surface area contributed by atoms with E-state index in [1.807, 2.05) is 42.8 Å². The number of hydrogen-bond donors (Lipinski definition) is 2. The van der Waals surface area contributed by atoms with Gasteiger partial charge in [0.1, 0.15) is 23.0 Å². The first kappa shape index (κ1) is 20.0. The van der Waals surface area contributed by atoms with Gasteiger partial charge in [-0.1, -0.05) is 0 Å². The summed E-state index contributed by atoms with van der Waals surface area (Å²) >= 11 is 0. The molecule has 1 aromatic carbocycles. The van der Waals surface area contributed by atoms with Crippen molar-refractivity contribution in [3.63, 3.8) is 0 Å². The summed E-state index contributed by atoms with van der Waals surface area (Å²) in [6, 6.07) is 8.15. The van der Waals surface area contributed by atoms with Gasteiger partial charge in [-0.2, -0.15) is 0 Å². The quantitative estimate of drug-likeness (QED) is 0.595. The van der Waals surface area contributed by atoms with Gasteiger partial charge in [0.15, 0.2) is 0 Å². The van der Waals surface area contributed by atoms with Crippen LogP contribution >= 0.6 is 0 Å². The lowest BCUT2D eigenvalue weighted by atomic mass is 9.92.